The van der Waals surface area contributed by atoms with Crippen molar-refractivity contribution in [3.05, 3.63) is 84.4 Å². The number of para-hydroxylation sites is 1. The fraction of sp³-hybridized carbons (Fsp3) is 0.208. The van der Waals surface area contributed by atoms with Crippen molar-refractivity contribution in [1.82, 2.24) is 4.31 Å². The number of benzene rings is 3. The van der Waals surface area contributed by atoms with Gasteiger partial charge >= 0.3 is 0 Å². The lowest BCUT2D eigenvalue weighted by Crippen LogP contribution is -2.35. The molecule has 1 aliphatic rings. The molecule has 1 saturated heterocycles. The Kier molecular flexibility index (Phi) is 6.34. The molecule has 0 radical (unpaired) electrons. The Morgan fingerprint density at radius 2 is 1.39 bits per heavy atom. The second kappa shape index (κ2) is 9.32. The molecule has 0 spiro atoms. The van der Waals surface area contributed by atoms with E-state index in [9.17, 15) is 13.2 Å². The van der Waals surface area contributed by atoms with Crippen LogP contribution >= 0.6 is 0 Å². The molecule has 31 heavy (non-hydrogen) atoms. The topological polar surface area (TPSA) is 78.5 Å². The first kappa shape index (κ1) is 21.1. The van der Waals surface area contributed by atoms with Crippen LogP contribution in [-0.2, 0) is 10.0 Å². The Hall–Kier alpha value is -3.16. The van der Waals surface area contributed by atoms with E-state index in [1.165, 1.54) is 10.4 Å². The second-order valence-corrected chi connectivity index (χ2v) is 9.45. The number of anilines is 3. The normalized spacial score (nSPS) is 14.7. The molecule has 0 aliphatic carbocycles. The molecule has 0 saturated carbocycles. The maximum Gasteiger partial charge on any atom is 0.255 e. The van der Waals surface area contributed by atoms with E-state index >= 15 is 0 Å². The molecule has 2 N–H and O–H groups in total. The van der Waals surface area contributed by atoms with Gasteiger partial charge in [0.2, 0.25) is 10.0 Å². The van der Waals surface area contributed by atoms with Crippen molar-refractivity contribution in [2.75, 3.05) is 23.7 Å². The van der Waals surface area contributed by atoms with Crippen molar-refractivity contribution < 1.29 is 13.2 Å². The summed E-state index contributed by atoms with van der Waals surface area (Å²) in [6.45, 7) is 1.06. The van der Waals surface area contributed by atoms with Crippen LogP contribution in [0.15, 0.2) is 83.8 Å². The van der Waals surface area contributed by atoms with Gasteiger partial charge in [-0.2, -0.15) is 4.31 Å². The highest BCUT2D eigenvalue weighted by atomic mass is 32.2. The third kappa shape index (κ3) is 5.13. The van der Waals surface area contributed by atoms with E-state index in [1.807, 2.05) is 42.5 Å². The third-order valence-electron chi connectivity index (χ3n) is 5.25. The standard InChI is InChI=1S/C24H25N3O3S/c28-24(26-22-14-12-21(13-15-22)25-20-9-3-1-4-10-20)19-8-7-11-23(18-19)31(29,30)27-16-5-2-6-17-27/h1,3-4,7-15,18,25H,2,5-6,16-17H2,(H,26,28). The highest BCUT2D eigenvalue weighted by Gasteiger charge is 2.26. The molecule has 3 aromatic rings. The Bertz CT molecular complexity index is 1140. The van der Waals surface area contributed by atoms with E-state index in [0.717, 1.165) is 30.6 Å². The third-order valence-corrected chi connectivity index (χ3v) is 7.15. The number of nitrogens with one attached hydrogen (secondary N) is 2. The summed E-state index contributed by atoms with van der Waals surface area (Å²) in [6.07, 6.45) is 2.79. The lowest BCUT2D eigenvalue weighted by Gasteiger charge is -2.26. The smallest absolute Gasteiger partial charge is 0.255 e. The molecule has 1 heterocycles. The van der Waals surface area contributed by atoms with Gasteiger partial charge < -0.3 is 10.6 Å². The van der Waals surface area contributed by atoms with Crippen LogP contribution in [0.25, 0.3) is 0 Å². The number of sulfonamides is 1. The van der Waals surface area contributed by atoms with E-state index in [0.29, 0.717) is 24.3 Å². The van der Waals surface area contributed by atoms with Gasteiger partial charge in [0.1, 0.15) is 0 Å². The maximum absolute atomic E-state index is 12.9. The summed E-state index contributed by atoms with van der Waals surface area (Å²) >= 11 is 0. The van der Waals surface area contributed by atoms with Gasteiger partial charge in [0.05, 0.1) is 4.90 Å². The summed E-state index contributed by atoms with van der Waals surface area (Å²) in [4.78, 5) is 12.9. The van der Waals surface area contributed by atoms with Gasteiger partial charge in [-0.15, -0.1) is 0 Å². The largest absolute Gasteiger partial charge is 0.356 e. The molecule has 3 aromatic carbocycles. The van der Waals surface area contributed by atoms with Crippen molar-refractivity contribution in [2.24, 2.45) is 0 Å². The predicted molar refractivity (Wildman–Crippen MR) is 123 cm³/mol. The van der Waals surface area contributed by atoms with E-state index in [2.05, 4.69) is 10.6 Å². The fourth-order valence-electron chi connectivity index (χ4n) is 3.58. The van der Waals surface area contributed by atoms with Crippen LogP contribution in [0.2, 0.25) is 0 Å². The van der Waals surface area contributed by atoms with Crippen LogP contribution in [0, 0.1) is 0 Å². The Labute approximate surface area is 183 Å². The number of carbonyl (C=O) groups is 1. The fourth-order valence-corrected chi connectivity index (χ4v) is 5.14. The van der Waals surface area contributed by atoms with Crippen LogP contribution in [0.1, 0.15) is 29.6 Å². The molecule has 0 unspecified atom stereocenters. The number of carbonyl (C=O) groups excluding carboxylic acids is 1. The summed E-state index contributed by atoms with van der Waals surface area (Å²) in [5, 5.41) is 6.12. The van der Waals surface area contributed by atoms with Gasteiger partial charge in [0, 0.05) is 35.7 Å². The first-order chi connectivity index (χ1) is 15.0. The number of piperidine rings is 1. The second-order valence-electron chi connectivity index (χ2n) is 7.52. The lowest BCUT2D eigenvalue weighted by atomic mass is 10.2. The summed E-state index contributed by atoms with van der Waals surface area (Å²) < 4.78 is 27.3. The lowest BCUT2D eigenvalue weighted by molar-refractivity contribution is 0.102. The minimum absolute atomic E-state index is 0.157. The van der Waals surface area contributed by atoms with Crippen LogP contribution in [0.3, 0.4) is 0 Å². The molecule has 1 amide bonds. The molecule has 0 atom stereocenters. The Morgan fingerprint density at radius 3 is 2.10 bits per heavy atom. The van der Waals surface area contributed by atoms with Crippen LogP contribution in [0.4, 0.5) is 17.1 Å². The molecule has 7 heteroatoms. The molecule has 4 rings (SSSR count). The van der Waals surface area contributed by atoms with Gasteiger partial charge in [0.25, 0.3) is 5.91 Å². The van der Waals surface area contributed by atoms with Crippen molar-refractivity contribution in [2.45, 2.75) is 24.2 Å². The number of hydrogen-bond donors (Lipinski definition) is 2. The Balaban J connectivity index is 1.44. The quantitative estimate of drug-likeness (QED) is 0.580. The highest BCUT2D eigenvalue weighted by molar-refractivity contribution is 7.89. The first-order valence-electron chi connectivity index (χ1n) is 10.4. The molecule has 0 aromatic heterocycles. The number of hydrogen-bond acceptors (Lipinski definition) is 4. The van der Waals surface area contributed by atoms with E-state index in [1.54, 1.807) is 30.3 Å². The van der Waals surface area contributed by atoms with Crippen LogP contribution in [0.5, 0.6) is 0 Å². The van der Waals surface area contributed by atoms with Gasteiger partial charge in [-0.3, -0.25) is 4.79 Å². The van der Waals surface area contributed by atoms with Crippen LogP contribution < -0.4 is 10.6 Å². The molecular weight excluding hydrogens is 410 g/mol. The molecule has 1 fully saturated rings. The summed E-state index contributed by atoms with van der Waals surface area (Å²) in [7, 11) is -3.58. The molecule has 1 aliphatic heterocycles. The van der Waals surface area contributed by atoms with Gasteiger partial charge in [-0.1, -0.05) is 30.7 Å². The van der Waals surface area contributed by atoms with E-state index < -0.39 is 10.0 Å². The Morgan fingerprint density at radius 1 is 0.742 bits per heavy atom. The zero-order chi connectivity index (χ0) is 21.7. The van der Waals surface area contributed by atoms with Crippen molar-refractivity contribution in [3.63, 3.8) is 0 Å². The minimum Gasteiger partial charge on any atom is -0.356 e. The summed E-state index contributed by atoms with van der Waals surface area (Å²) in [5.74, 6) is -0.348. The van der Waals surface area contributed by atoms with Gasteiger partial charge in [-0.25, -0.2) is 8.42 Å². The summed E-state index contributed by atoms with van der Waals surface area (Å²) in [5.41, 5.74) is 2.82. The predicted octanol–water partition coefficient (Wildman–Crippen LogP) is 4.86. The monoisotopic (exact) mass is 435 g/mol. The number of rotatable bonds is 6. The van der Waals surface area contributed by atoms with Crippen LogP contribution in [-0.4, -0.2) is 31.7 Å². The average Bonchev–Trinajstić information content (AvgIpc) is 2.82. The molecular formula is C24H25N3O3S. The van der Waals surface area contributed by atoms with E-state index in [4.69, 9.17) is 0 Å². The average molecular weight is 436 g/mol. The molecule has 160 valence electrons. The first-order valence-corrected chi connectivity index (χ1v) is 11.8. The zero-order valence-corrected chi connectivity index (χ0v) is 17.9. The number of nitrogens with zero attached hydrogens (tertiary/aromatic N) is 1. The molecule has 6 nitrogen and oxygen atoms in total. The van der Waals surface area contributed by atoms with Crippen molar-refractivity contribution in [1.29, 1.82) is 0 Å². The summed E-state index contributed by atoms with van der Waals surface area (Å²) in [6, 6.07) is 23.4. The van der Waals surface area contributed by atoms with E-state index in [-0.39, 0.29) is 10.8 Å². The minimum atomic E-state index is -3.58. The zero-order valence-electron chi connectivity index (χ0n) is 17.1. The number of amides is 1. The van der Waals surface area contributed by atoms with Gasteiger partial charge in [-0.05, 0) is 67.4 Å². The van der Waals surface area contributed by atoms with Crippen molar-refractivity contribution in [3.8, 4) is 0 Å². The van der Waals surface area contributed by atoms with Gasteiger partial charge in [0.15, 0.2) is 0 Å². The van der Waals surface area contributed by atoms with Crippen molar-refractivity contribution >= 4 is 33.0 Å². The maximum atomic E-state index is 12.9. The SMILES string of the molecule is O=C(Nc1ccc(Nc2ccccc2)cc1)c1cccc(S(=O)(=O)N2CCCCC2)c1. The molecule has 0 bridgehead atoms. The highest BCUT2D eigenvalue weighted by Crippen LogP contribution is 2.23.